The van der Waals surface area contributed by atoms with Crippen LogP contribution >= 0.6 is 15.9 Å². The third kappa shape index (κ3) is 4.87. The number of methoxy groups -OCH3 is 1. The number of rotatable bonds is 7. The Kier molecular flexibility index (Phi) is 6.40. The number of hydrogen-bond donors (Lipinski definition) is 2. The number of nitrogens with one attached hydrogen (secondary N) is 2. The van der Waals surface area contributed by atoms with Crippen LogP contribution in [0.25, 0.3) is 0 Å². The van der Waals surface area contributed by atoms with Crippen molar-refractivity contribution in [2.75, 3.05) is 30.9 Å². The molecule has 0 atom stereocenters. The van der Waals surface area contributed by atoms with Gasteiger partial charge in [0.15, 0.2) is 0 Å². The van der Waals surface area contributed by atoms with Crippen LogP contribution in [0.15, 0.2) is 46.9 Å². The van der Waals surface area contributed by atoms with Gasteiger partial charge in [0.1, 0.15) is 6.61 Å². The maximum atomic E-state index is 12.4. The van der Waals surface area contributed by atoms with Gasteiger partial charge in [-0.1, -0.05) is 15.9 Å². The monoisotopic (exact) mass is 459 g/mol. The third-order valence-electron chi connectivity index (χ3n) is 4.22. The molecular weight excluding hydrogens is 442 g/mol. The van der Waals surface area contributed by atoms with Gasteiger partial charge in [-0.05, 0) is 42.5 Å². The molecule has 2 aromatic rings. The van der Waals surface area contributed by atoms with Crippen molar-refractivity contribution in [3.63, 3.8) is 0 Å². The van der Waals surface area contributed by atoms with Gasteiger partial charge in [0.2, 0.25) is 11.8 Å². The molecule has 8 nitrogen and oxygen atoms in total. The topological polar surface area (TPSA) is 105 Å². The molecule has 0 saturated heterocycles. The Morgan fingerprint density at radius 3 is 2.14 bits per heavy atom. The molecule has 1 heterocycles. The van der Waals surface area contributed by atoms with E-state index in [4.69, 9.17) is 4.74 Å². The summed E-state index contributed by atoms with van der Waals surface area (Å²) >= 11 is 3.28. The highest BCUT2D eigenvalue weighted by atomic mass is 79.9. The fraction of sp³-hybridized carbons (Fsp3) is 0.200. The summed E-state index contributed by atoms with van der Waals surface area (Å²) in [5.74, 6) is -1.42. The van der Waals surface area contributed by atoms with Crippen LogP contribution in [0.1, 0.15) is 27.1 Å². The highest BCUT2D eigenvalue weighted by Crippen LogP contribution is 2.26. The van der Waals surface area contributed by atoms with Crippen molar-refractivity contribution in [2.24, 2.45) is 0 Å². The standard InChI is InChI=1S/C20H18BrN3O5/c1-29-11-18(26)23-14-5-3-13(4-6-14)22-17(25)8-9-24-19(27)15-7-2-12(21)10-16(15)20(24)28/h2-7,10H,8-9,11H2,1H3,(H,22,25)(H,23,26). The molecular formula is C20H18BrN3O5. The fourth-order valence-electron chi connectivity index (χ4n) is 2.87. The molecule has 0 aliphatic carbocycles. The lowest BCUT2D eigenvalue weighted by Gasteiger charge is -2.13. The molecule has 2 aromatic carbocycles. The van der Waals surface area contributed by atoms with E-state index in [-0.39, 0.29) is 31.4 Å². The highest BCUT2D eigenvalue weighted by molar-refractivity contribution is 9.10. The van der Waals surface area contributed by atoms with Crippen molar-refractivity contribution in [2.45, 2.75) is 6.42 Å². The fourth-order valence-corrected chi connectivity index (χ4v) is 3.23. The Morgan fingerprint density at radius 2 is 1.52 bits per heavy atom. The summed E-state index contributed by atoms with van der Waals surface area (Å²) in [6.07, 6.45) is -0.0288. The van der Waals surface area contributed by atoms with E-state index in [0.29, 0.717) is 27.0 Å². The first-order valence-corrected chi connectivity index (χ1v) is 9.53. The van der Waals surface area contributed by atoms with Gasteiger partial charge in [0.25, 0.3) is 11.8 Å². The second-order valence-corrected chi connectivity index (χ2v) is 7.22. The Balaban J connectivity index is 1.53. The number of carbonyl (C=O) groups excluding carboxylic acids is 4. The van der Waals surface area contributed by atoms with Gasteiger partial charge in [-0.25, -0.2) is 0 Å². The molecule has 1 aliphatic heterocycles. The molecule has 0 radical (unpaired) electrons. The maximum absolute atomic E-state index is 12.4. The Bertz CT molecular complexity index is 975. The first-order valence-electron chi connectivity index (χ1n) is 8.73. The van der Waals surface area contributed by atoms with Gasteiger partial charge in [0, 0.05) is 35.9 Å². The van der Waals surface area contributed by atoms with E-state index >= 15 is 0 Å². The summed E-state index contributed by atoms with van der Waals surface area (Å²) in [6, 6.07) is 11.5. The highest BCUT2D eigenvalue weighted by Gasteiger charge is 2.35. The lowest BCUT2D eigenvalue weighted by molar-refractivity contribution is -0.119. The molecule has 0 spiro atoms. The number of imide groups is 1. The van der Waals surface area contributed by atoms with Crippen LogP contribution < -0.4 is 10.6 Å². The zero-order chi connectivity index (χ0) is 21.0. The van der Waals surface area contributed by atoms with Crippen molar-refractivity contribution >= 4 is 50.9 Å². The minimum Gasteiger partial charge on any atom is -0.375 e. The van der Waals surface area contributed by atoms with Crippen molar-refractivity contribution in [1.82, 2.24) is 4.90 Å². The van der Waals surface area contributed by atoms with Crippen LogP contribution in [-0.2, 0) is 14.3 Å². The molecule has 2 N–H and O–H groups in total. The second-order valence-electron chi connectivity index (χ2n) is 6.31. The zero-order valence-electron chi connectivity index (χ0n) is 15.5. The van der Waals surface area contributed by atoms with Crippen LogP contribution in [0.5, 0.6) is 0 Å². The molecule has 4 amide bonds. The lowest BCUT2D eigenvalue weighted by atomic mass is 10.1. The summed E-state index contributed by atoms with van der Waals surface area (Å²) < 4.78 is 5.45. The van der Waals surface area contributed by atoms with Gasteiger partial charge in [-0.2, -0.15) is 0 Å². The van der Waals surface area contributed by atoms with Gasteiger partial charge < -0.3 is 15.4 Å². The number of anilines is 2. The Labute approximate surface area is 175 Å². The first-order chi connectivity index (χ1) is 13.9. The minimum atomic E-state index is -0.407. The molecule has 0 aromatic heterocycles. The number of benzene rings is 2. The smallest absolute Gasteiger partial charge is 0.261 e. The second kappa shape index (κ2) is 8.97. The van der Waals surface area contributed by atoms with Crippen LogP contribution in [-0.4, -0.2) is 48.8 Å². The average molecular weight is 460 g/mol. The molecule has 0 unspecified atom stereocenters. The van der Waals surface area contributed by atoms with E-state index in [1.165, 1.54) is 7.11 Å². The van der Waals surface area contributed by atoms with E-state index in [1.54, 1.807) is 42.5 Å². The predicted octanol–water partition coefficient (Wildman–Crippen LogP) is 2.66. The summed E-state index contributed by atoms with van der Waals surface area (Å²) in [5.41, 5.74) is 1.77. The number of nitrogens with zero attached hydrogens (tertiary/aromatic N) is 1. The van der Waals surface area contributed by atoms with Gasteiger partial charge in [0.05, 0.1) is 11.1 Å². The summed E-state index contributed by atoms with van der Waals surface area (Å²) in [5, 5.41) is 5.34. The molecule has 0 fully saturated rings. The largest absolute Gasteiger partial charge is 0.375 e. The number of carbonyl (C=O) groups is 4. The van der Waals surface area contributed by atoms with E-state index in [0.717, 1.165) is 4.90 Å². The normalized spacial score (nSPS) is 12.7. The molecule has 1 aliphatic rings. The van der Waals surface area contributed by atoms with Crippen LogP contribution in [0.3, 0.4) is 0 Å². The van der Waals surface area contributed by atoms with Crippen molar-refractivity contribution in [3.8, 4) is 0 Å². The minimum absolute atomic E-state index is 0.0129. The van der Waals surface area contributed by atoms with Crippen molar-refractivity contribution < 1.29 is 23.9 Å². The summed E-state index contributed by atoms with van der Waals surface area (Å²) in [6.45, 7) is -0.0613. The maximum Gasteiger partial charge on any atom is 0.261 e. The van der Waals surface area contributed by atoms with E-state index in [9.17, 15) is 19.2 Å². The molecule has 150 valence electrons. The molecule has 0 bridgehead atoms. The predicted molar refractivity (Wildman–Crippen MR) is 110 cm³/mol. The molecule has 9 heteroatoms. The molecule has 29 heavy (non-hydrogen) atoms. The van der Waals surface area contributed by atoms with Crippen LogP contribution in [0, 0.1) is 0 Å². The summed E-state index contributed by atoms with van der Waals surface area (Å²) in [7, 11) is 1.43. The van der Waals surface area contributed by atoms with Gasteiger partial charge in [-0.3, -0.25) is 24.1 Å². The van der Waals surface area contributed by atoms with Gasteiger partial charge >= 0.3 is 0 Å². The Hall–Kier alpha value is -3.04. The third-order valence-corrected chi connectivity index (χ3v) is 4.72. The number of hydrogen-bond acceptors (Lipinski definition) is 5. The number of fused-ring (bicyclic) bond motifs is 1. The van der Waals surface area contributed by atoms with Gasteiger partial charge in [-0.15, -0.1) is 0 Å². The number of amides is 4. The molecule has 0 saturated carbocycles. The van der Waals surface area contributed by atoms with E-state index < -0.39 is 11.8 Å². The van der Waals surface area contributed by atoms with E-state index in [1.807, 2.05) is 0 Å². The first kappa shape index (κ1) is 20.7. The van der Waals surface area contributed by atoms with Crippen molar-refractivity contribution in [3.05, 3.63) is 58.1 Å². The van der Waals surface area contributed by atoms with Crippen LogP contribution in [0.4, 0.5) is 11.4 Å². The summed E-state index contributed by atoms with van der Waals surface area (Å²) in [4.78, 5) is 49.5. The van der Waals surface area contributed by atoms with E-state index in [2.05, 4.69) is 26.6 Å². The lowest BCUT2D eigenvalue weighted by Crippen LogP contribution is -2.32. The molecule has 3 rings (SSSR count). The quantitative estimate of drug-likeness (QED) is 0.619. The SMILES string of the molecule is COCC(=O)Nc1ccc(NC(=O)CCN2C(=O)c3ccc(Br)cc3C2=O)cc1. The Morgan fingerprint density at radius 1 is 0.931 bits per heavy atom. The van der Waals surface area contributed by atoms with Crippen molar-refractivity contribution in [1.29, 1.82) is 0 Å². The van der Waals surface area contributed by atoms with Crippen LogP contribution in [0.2, 0.25) is 0 Å². The average Bonchev–Trinajstić information content (AvgIpc) is 2.91. The number of ether oxygens (including phenoxy) is 1. The zero-order valence-corrected chi connectivity index (χ0v) is 17.1. The number of halogens is 1.